The first-order valence-corrected chi connectivity index (χ1v) is 10.2. The molecule has 1 saturated heterocycles. The van der Waals surface area contributed by atoms with E-state index in [4.69, 9.17) is 0 Å². The minimum atomic E-state index is 0.542. The highest BCUT2D eigenvalue weighted by Crippen LogP contribution is 2.56. The van der Waals surface area contributed by atoms with Gasteiger partial charge in [0.2, 0.25) is 0 Å². The zero-order chi connectivity index (χ0) is 18.0. The summed E-state index contributed by atoms with van der Waals surface area (Å²) in [6, 6.07) is 11.7. The number of hydrogen-bond donors (Lipinski definition) is 1. The van der Waals surface area contributed by atoms with Crippen LogP contribution in [0.5, 0.6) is 0 Å². The van der Waals surface area contributed by atoms with E-state index in [1.165, 1.54) is 43.7 Å². The first-order valence-electron chi connectivity index (χ1n) is 10.2. The van der Waals surface area contributed by atoms with Crippen LogP contribution in [0.3, 0.4) is 0 Å². The fraction of sp³-hybridized carbons (Fsp3) is 0.591. The second-order valence-corrected chi connectivity index (χ2v) is 8.20. The highest BCUT2D eigenvalue weighted by Gasteiger charge is 2.56. The SMILES string of the molecule is CCn1ccnc1CN(CC(C)c1ccccc1)C1CC12CCNCC2. The standard InChI is InChI=1S/C22H32N4/c1-3-25-14-13-24-21(25)17-26(16-18(2)19-7-5-4-6-8-19)20-15-22(20)9-11-23-12-10-22/h4-8,13-14,18,20,23H,3,9-12,15-17H2,1-2H3. The highest BCUT2D eigenvalue weighted by atomic mass is 15.2. The van der Waals surface area contributed by atoms with Gasteiger partial charge in [-0.1, -0.05) is 37.3 Å². The number of nitrogens with one attached hydrogen (secondary N) is 1. The smallest absolute Gasteiger partial charge is 0.122 e. The van der Waals surface area contributed by atoms with Gasteiger partial charge in [-0.15, -0.1) is 0 Å². The quantitative estimate of drug-likeness (QED) is 0.826. The summed E-state index contributed by atoms with van der Waals surface area (Å²) in [4.78, 5) is 7.39. The van der Waals surface area contributed by atoms with E-state index in [1.54, 1.807) is 0 Å². The third kappa shape index (κ3) is 3.58. The van der Waals surface area contributed by atoms with Crippen LogP contribution >= 0.6 is 0 Å². The normalized spacial score (nSPS) is 22.7. The molecule has 2 aliphatic rings. The van der Waals surface area contributed by atoms with Crippen molar-refractivity contribution in [3.8, 4) is 0 Å². The Balaban J connectivity index is 1.51. The van der Waals surface area contributed by atoms with E-state index in [0.29, 0.717) is 11.3 Å². The minimum absolute atomic E-state index is 0.542. The molecule has 1 aromatic heterocycles. The molecule has 0 amide bonds. The van der Waals surface area contributed by atoms with Gasteiger partial charge in [0.1, 0.15) is 5.82 Å². The second kappa shape index (κ2) is 7.53. The Kier molecular flexibility index (Phi) is 5.14. The maximum atomic E-state index is 4.66. The Hall–Kier alpha value is -1.65. The van der Waals surface area contributed by atoms with Gasteiger partial charge in [-0.05, 0) is 56.2 Å². The van der Waals surface area contributed by atoms with Crippen LogP contribution in [0.4, 0.5) is 0 Å². The monoisotopic (exact) mass is 352 g/mol. The van der Waals surface area contributed by atoms with Crippen LogP contribution in [-0.4, -0.2) is 40.1 Å². The van der Waals surface area contributed by atoms with Crippen LogP contribution in [0, 0.1) is 5.41 Å². The molecular formula is C22H32N4. The number of piperidine rings is 1. The van der Waals surface area contributed by atoms with Crippen LogP contribution in [0.1, 0.15) is 50.4 Å². The van der Waals surface area contributed by atoms with E-state index in [9.17, 15) is 0 Å². The highest BCUT2D eigenvalue weighted by molar-refractivity contribution is 5.20. The number of benzene rings is 1. The Labute approximate surface area is 157 Å². The molecule has 1 aliphatic carbocycles. The Morgan fingerprint density at radius 2 is 2.04 bits per heavy atom. The van der Waals surface area contributed by atoms with Crippen molar-refractivity contribution in [3.05, 3.63) is 54.1 Å². The van der Waals surface area contributed by atoms with Crippen molar-refractivity contribution in [2.75, 3.05) is 19.6 Å². The molecule has 1 aromatic carbocycles. The minimum Gasteiger partial charge on any atom is -0.334 e. The average Bonchev–Trinajstić information content (AvgIpc) is 3.17. The summed E-state index contributed by atoms with van der Waals surface area (Å²) >= 11 is 0. The van der Waals surface area contributed by atoms with Crippen molar-refractivity contribution in [1.29, 1.82) is 0 Å². The molecule has 2 fully saturated rings. The molecule has 4 rings (SSSR count). The predicted molar refractivity (Wildman–Crippen MR) is 106 cm³/mol. The zero-order valence-corrected chi connectivity index (χ0v) is 16.2. The third-order valence-corrected chi connectivity index (χ3v) is 6.55. The number of aryl methyl sites for hydroxylation is 1. The van der Waals surface area contributed by atoms with E-state index in [1.807, 2.05) is 6.20 Å². The molecule has 2 atom stereocenters. The van der Waals surface area contributed by atoms with Gasteiger partial charge in [-0.25, -0.2) is 4.98 Å². The van der Waals surface area contributed by atoms with Crippen molar-refractivity contribution in [2.24, 2.45) is 5.41 Å². The lowest BCUT2D eigenvalue weighted by atomic mass is 9.93. The summed E-state index contributed by atoms with van der Waals surface area (Å²) in [6.07, 6.45) is 8.08. The van der Waals surface area contributed by atoms with Crippen molar-refractivity contribution in [3.63, 3.8) is 0 Å². The van der Waals surface area contributed by atoms with E-state index in [0.717, 1.165) is 25.7 Å². The fourth-order valence-electron chi connectivity index (χ4n) is 4.81. The van der Waals surface area contributed by atoms with Gasteiger partial charge < -0.3 is 9.88 Å². The summed E-state index contributed by atoms with van der Waals surface area (Å²) < 4.78 is 2.29. The van der Waals surface area contributed by atoms with E-state index < -0.39 is 0 Å². The molecular weight excluding hydrogens is 320 g/mol. The van der Waals surface area contributed by atoms with Gasteiger partial charge in [0.05, 0.1) is 6.54 Å². The topological polar surface area (TPSA) is 33.1 Å². The first-order chi connectivity index (χ1) is 12.7. The second-order valence-electron chi connectivity index (χ2n) is 8.20. The maximum Gasteiger partial charge on any atom is 0.122 e. The van der Waals surface area contributed by atoms with Crippen LogP contribution in [0.25, 0.3) is 0 Å². The number of nitrogens with zero attached hydrogens (tertiary/aromatic N) is 3. The molecule has 4 nitrogen and oxygen atoms in total. The largest absolute Gasteiger partial charge is 0.334 e. The van der Waals surface area contributed by atoms with Gasteiger partial charge in [0.15, 0.2) is 0 Å². The molecule has 1 spiro atoms. The first kappa shape index (κ1) is 17.7. The van der Waals surface area contributed by atoms with Gasteiger partial charge in [0.25, 0.3) is 0 Å². The molecule has 140 valence electrons. The lowest BCUT2D eigenvalue weighted by Crippen LogP contribution is -2.38. The van der Waals surface area contributed by atoms with Crippen LogP contribution < -0.4 is 5.32 Å². The van der Waals surface area contributed by atoms with Crippen molar-refractivity contribution < 1.29 is 0 Å². The summed E-state index contributed by atoms with van der Waals surface area (Å²) in [5.74, 6) is 1.75. The van der Waals surface area contributed by atoms with Gasteiger partial charge in [0, 0.05) is 31.5 Å². The van der Waals surface area contributed by atoms with Gasteiger partial charge in [-0.2, -0.15) is 0 Å². The summed E-state index contributed by atoms with van der Waals surface area (Å²) in [6.45, 7) is 10.0. The lowest BCUT2D eigenvalue weighted by molar-refractivity contribution is 0.182. The van der Waals surface area contributed by atoms with E-state index >= 15 is 0 Å². The molecule has 2 unspecified atom stereocenters. The molecule has 4 heteroatoms. The van der Waals surface area contributed by atoms with Crippen LogP contribution in [0.2, 0.25) is 0 Å². The number of rotatable bonds is 7. The molecule has 0 bridgehead atoms. The summed E-state index contributed by atoms with van der Waals surface area (Å²) in [5.41, 5.74) is 2.00. The van der Waals surface area contributed by atoms with Crippen molar-refractivity contribution in [2.45, 2.75) is 58.2 Å². The summed E-state index contributed by atoms with van der Waals surface area (Å²) in [5, 5.41) is 3.54. The predicted octanol–water partition coefficient (Wildman–Crippen LogP) is 3.65. The zero-order valence-electron chi connectivity index (χ0n) is 16.2. The molecule has 2 aromatic rings. The molecule has 26 heavy (non-hydrogen) atoms. The van der Waals surface area contributed by atoms with Crippen LogP contribution in [-0.2, 0) is 13.1 Å². The molecule has 1 saturated carbocycles. The Morgan fingerprint density at radius 3 is 2.77 bits per heavy atom. The Morgan fingerprint density at radius 1 is 1.27 bits per heavy atom. The molecule has 2 heterocycles. The van der Waals surface area contributed by atoms with Crippen molar-refractivity contribution in [1.82, 2.24) is 19.8 Å². The van der Waals surface area contributed by atoms with E-state index in [-0.39, 0.29) is 0 Å². The summed E-state index contributed by atoms with van der Waals surface area (Å²) in [7, 11) is 0. The van der Waals surface area contributed by atoms with Gasteiger partial charge in [-0.3, -0.25) is 4.90 Å². The number of hydrogen-bond acceptors (Lipinski definition) is 3. The third-order valence-electron chi connectivity index (χ3n) is 6.55. The molecule has 0 radical (unpaired) electrons. The molecule has 1 aliphatic heterocycles. The van der Waals surface area contributed by atoms with Crippen LogP contribution in [0.15, 0.2) is 42.7 Å². The van der Waals surface area contributed by atoms with Crippen molar-refractivity contribution >= 4 is 0 Å². The lowest BCUT2D eigenvalue weighted by Gasteiger charge is -2.31. The van der Waals surface area contributed by atoms with E-state index in [2.05, 4.69) is 70.1 Å². The number of aromatic nitrogens is 2. The maximum absolute atomic E-state index is 4.66. The Bertz CT molecular complexity index is 702. The average molecular weight is 353 g/mol. The van der Waals surface area contributed by atoms with Gasteiger partial charge >= 0.3 is 0 Å². The number of imidazole rings is 1. The molecule has 1 N–H and O–H groups in total. The fourth-order valence-corrected chi connectivity index (χ4v) is 4.81.